The van der Waals surface area contributed by atoms with Gasteiger partial charge >= 0.3 is 0 Å². The van der Waals surface area contributed by atoms with Crippen LogP contribution >= 0.6 is 15.9 Å². The van der Waals surface area contributed by atoms with Gasteiger partial charge in [0.1, 0.15) is 0 Å². The maximum absolute atomic E-state index is 12.0. The van der Waals surface area contributed by atoms with Crippen LogP contribution in [0.4, 0.5) is 0 Å². The molecule has 1 aromatic rings. The van der Waals surface area contributed by atoms with E-state index in [4.69, 9.17) is 0 Å². The Hall–Kier alpha value is -0.870. The van der Waals surface area contributed by atoms with E-state index in [1.54, 1.807) is 0 Å². The largest absolute Gasteiger partial charge is 0.393 e. The third kappa shape index (κ3) is 3.80. The lowest BCUT2D eigenvalue weighted by molar-refractivity contribution is 0.0663. The Balaban J connectivity index is 1.91. The fourth-order valence-electron chi connectivity index (χ4n) is 2.54. The van der Waals surface area contributed by atoms with Gasteiger partial charge < -0.3 is 10.4 Å². The highest BCUT2D eigenvalue weighted by molar-refractivity contribution is 9.10. The van der Waals surface area contributed by atoms with Crippen LogP contribution in [0.2, 0.25) is 0 Å². The molecule has 2 N–H and O–H groups in total. The average Bonchev–Trinajstić information content (AvgIpc) is 2.40. The van der Waals surface area contributed by atoms with E-state index in [1.807, 2.05) is 25.1 Å². The van der Waals surface area contributed by atoms with E-state index in [9.17, 15) is 9.90 Å². The summed E-state index contributed by atoms with van der Waals surface area (Å²) >= 11 is 3.42. The van der Waals surface area contributed by atoms with Crippen LogP contribution in [-0.2, 0) is 0 Å². The number of hydrogen-bond donors (Lipinski definition) is 2. The summed E-state index contributed by atoms with van der Waals surface area (Å²) in [5, 5.41) is 12.8. The summed E-state index contributed by atoms with van der Waals surface area (Å²) < 4.78 is 1.01. The Bertz CT molecular complexity index is 461. The zero-order chi connectivity index (χ0) is 13.8. The molecular weight excluding hydrogens is 306 g/mol. The minimum Gasteiger partial charge on any atom is -0.393 e. The van der Waals surface area contributed by atoms with Crippen LogP contribution in [0.5, 0.6) is 0 Å². The molecule has 0 saturated heterocycles. The van der Waals surface area contributed by atoms with Crippen molar-refractivity contribution >= 4 is 21.8 Å². The lowest BCUT2D eigenvalue weighted by Gasteiger charge is -2.27. The number of aliphatic hydroxyl groups excluding tert-OH is 1. The van der Waals surface area contributed by atoms with E-state index in [2.05, 4.69) is 21.2 Å². The van der Waals surface area contributed by atoms with Crippen molar-refractivity contribution in [3.8, 4) is 0 Å². The van der Waals surface area contributed by atoms with Crippen LogP contribution < -0.4 is 5.32 Å². The molecule has 0 aliphatic heterocycles. The Morgan fingerprint density at radius 1 is 1.42 bits per heavy atom. The zero-order valence-electron chi connectivity index (χ0n) is 11.2. The second kappa shape index (κ2) is 6.53. The van der Waals surface area contributed by atoms with E-state index in [1.165, 1.54) is 0 Å². The van der Waals surface area contributed by atoms with Gasteiger partial charge in [0, 0.05) is 22.5 Å². The van der Waals surface area contributed by atoms with Gasteiger partial charge in [0.25, 0.3) is 5.91 Å². The quantitative estimate of drug-likeness (QED) is 0.897. The SMILES string of the molecule is Cc1cc(C(=O)NCC2CCCCC2O)ccc1Br. The molecule has 4 heteroatoms. The number of benzene rings is 1. The molecule has 1 aromatic carbocycles. The standard InChI is InChI=1S/C15H20BrNO2/c1-10-8-11(6-7-13(10)16)15(19)17-9-12-4-2-3-5-14(12)18/h6-8,12,14,18H,2-5,9H2,1H3,(H,17,19). The first-order valence-electron chi connectivity index (χ1n) is 6.80. The van der Waals surface area contributed by atoms with Crippen molar-refractivity contribution in [2.75, 3.05) is 6.54 Å². The Morgan fingerprint density at radius 3 is 2.84 bits per heavy atom. The van der Waals surface area contributed by atoms with Gasteiger partial charge in [-0.1, -0.05) is 28.8 Å². The van der Waals surface area contributed by atoms with E-state index in [0.29, 0.717) is 12.1 Å². The minimum atomic E-state index is -0.263. The van der Waals surface area contributed by atoms with Crippen LogP contribution in [0, 0.1) is 12.8 Å². The molecule has 0 spiro atoms. The molecule has 104 valence electrons. The normalized spacial score (nSPS) is 23.1. The lowest BCUT2D eigenvalue weighted by atomic mass is 9.86. The highest BCUT2D eigenvalue weighted by Crippen LogP contribution is 2.23. The third-order valence-corrected chi connectivity index (χ3v) is 4.70. The molecule has 3 nitrogen and oxygen atoms in total. The zero-order valence-corrected chi connectivity index (χ0v) is 12.7. The summed E-state index contributed by atoms with van der Waals surface area (Å²) in [7, 11) is 0. The first-order valence-corrected chi connectivity index (χ1v) is 7.59. The number of aliphatic hydroxyl groups is 1. The van der Waals surface area contributed by atoms with Crippen LogP contribution in [0.25, 0.3) is 0 Å². The molecule has 19 heavy (non-hydrogen) atoms. The predicted octanol–water partition coefficient (Wildman–Crippen LogP) is 3.04. The summed E-state index contributed by atoms with van der Waals surface area (Å²) in [4.78, 5) is 12.0. The number of carbonyl (C=O) groups excluding carboxylic acids is 1. The molecule has 0 heterocycles. The van der Waals surface area contributed by atoms with E-state index in [0.717, 1.165) is 35.7 Å². The van der Waals surface area contributed by atoms with Crippen LogP contribution in [0.3, 0.4) is 0 Å². The maximum Gasteiger partial charge on any atom is 0.251 e. The molecule has 1 amide bonds. The van der Waals surface area contributed by atoms with Crippen molar-refractivity contribution in [3.63, 3.8) is 0 Å². The molecule has 1 aliphatic carbocycles. The van der Waals surface area contributed by atoms with Crippen molar-refractivity contribution < 1.29 is 9.90 Å². The van der Waals surface area contributed by atoms with Gasteiger partial charge in [-0.25, -0.2) is 0 Å². The van der Waals surface area contributed by atoms with Gasteiger partial charge in [0.15, 0.2) is 0 Å². The van der Waals surface area contributed by atoms with Crippen molar-refractivity contribution in [1.29, 1.82) is 0 Å². The molecule has 2 atom stereocenters. The Morgan fingerprint density at radius 2 is 2.16 bits per heavy atom. The Kier molecular flexibility index (Phi) is 4.99. The summed E-state index contributed by atoms with van der Waals surface area (Å²) in [5.41, 5.74) is 1.72. The molecule has 0 bridgehead atoms. The summed E-state index contributed by atoms with van der Waals surface area (Å²) in [5.74, 6) is 0.141. The molecule has 1 saturated carbocycles. The fourth-order valence-corrected chi connectivity index (χ4v) is 2.78. The number of halogens is 1. The number of hydrogen-bond acceptors (Lipinski definition) is 2. The molecule has 2 rings (SSSR count). The van der Waals surface area contributed by atoms with Crippen LogP contribution in [0.1, 0.15) is 41.6 Å². The molecule has 0 radical (unpaired) electrons. The van der Waals surface area contributed by atoms with Gasteiger partial charge in [-0.05, 0) is 43.5 Å². The summed E-state index contributed by atoms with van der Waals surface area (Å²) in [6, 6.07) is 5.57. The van der Waals surface area contributed by atoms with Crippen LogP contribution in [-0.4, -0.2) is 23.7 Å². The lowest BCUT2D eigenvalue weighted by Crippen LogP contribution is -2.36. The van der Waals surface area contributed by atoms with Crippen molar-refractivity contribution in [2.24, 2.45) is 5.92 Å². The van der Waals surface area contributed by atoms with E-state index < -0.39 is 0 Å². The minimum absolute atomic E-state index is 0.0617. The second-order valence-corrected chi connectivity index (χ2v) is 6.14. The van der Waals surface area contributed by atoms with E-state index in [-0.39, 0.29) is 17.9 Å². The number of carbonyl (C=O) groups is 1. The summed E-state index contributed by atoms with van der Waals surface area (Å²) in [6.45, 7) is 2.53. The van der Waals surface area contributed by atoms with Gasteiger partial charge in [0.2, 0.25) is 0 Å². The number of aryl methyl sites for hydroxylation is 1. The predicted molar refractivity (Wildman–Crippen MR) is 79.2 cm³/mol. The van der Waals surface area contributed by atoms with E-state index >= 15 is 0 Å². The highest BCUT2D eigenvalue weighted by Gasteiger charge is 2.23. The van der Waals surface area contributed by atoms with Crippen LogP contribution in [0.15, 0.2) is 22.7 Å². The number of nitrogens with one attached hydrogen (secondary N) is 1. The first-order chi connectivity index (χ1) is 9.08. The average molecular weight is 326 g/mol. The van der Waals surface area contributed by atoms with Gasteiger partial charge in [-0.15, -0.1) is 0 Å². The third-order valence-electron chi connectivity index (χ3n) is 3.81. The summed E-state index contributed by atoms with van der Waals surface area (Å²) in [6.07, 6.45) is 3.84. The fraction of sp³-hybridized carbons (Fsp3) is 0.533. The highest BCUT2D eigenvalue weighted by atomic mass is 79.9. The van der Waals surface area contributed by atoms with Gasteiger partial charge in [-0.3, -0.25) is 4.79 Å². The van der Waals surface area contributed by atoms with Gasteiger partial charge in [-0.2, -0.15) is 0 Å². The first kappa shape index (κ1) is 14.5. The second-order valence-electron chi connectivity index (χ2n) is 5.29. The number of rotatable bonds is 3. The molecule has 0 aromatic heterocycles. The molecule has 2 unspecified atom stereocenters. The van der Waals surface area contributed by atoms with Gasteiger partial charge in [0.05, 0.1) is 6.10 Å². The topological polar surface area (TPSA) is 49.3 Å². The van der Waals surface area contributed by atoms with Crippen molar-refractivity contribution in [2.45, 2.75) is 38.7 Å². The molecular formula is C15H20BrNO2. The Labute approximate surface area is 122 Å². The monoisotopic (exact) mass is 325 g/mol. The number of amides is 1. The molecule has 1 fully saturated rings. The van der Waals surface area contributed by atoms with Crippen molar-refractivity contribution in [1.82, 2.24) is 5.32 Å². The van der Waals surface area contributed by atoms with Crippen molar-refractivity contribution in [3.05, 3.63) is 33.8 Å². The maximum atomic E-state index is 12.0. The molecule has 1 aliphatic rings. The smallest absolute Gasteiger partial charge is 0.251 e.